The Morgan fingerprint density at radius 3 is 0.731 bits per heavy atom. The number of phosphoric acid groups is 2. The van der Waals surface area contributed by atoms with Gasteiger partial charge < -0.3 is 33.8 Å². The van der Waals surface area contributed by atoms with E-state index in [1.165, 1.54) is 199 Å². The van der Waals surface area contributed by atoms with Gasteiger partial charge in [0.05, 0.1) is 26.4 Å². The zero-order valence-electron chi connectivity index (χ0n) is 60.6. The molecule has 19 heteroatoms. The number of aliphatic hydroxyl groups excluding tert-OH is 1. The van der Waals surface area contributed by atoms with E-state index in [1.807, 2.05) is 0 Å². The van der Waals surface area contributed by atoms with Crippen LogP contribution in [0.4, 0.5) is 0 Å². The summed E-state index contributed by atoms with van der Waals surface area (Å²) in [4.78, 5) is 72.7. The van der Waals surface area contributed by atoms with Gasteiger partial charge in [0.1, 0.15) is 19.3 Å². The first kappa shape index (κ1) is 91.1. The van der Waals surface area contributed by atoms with Gasteiger partial charge in [0.15, 0.2) is 12.2 Å². The van der Waals surface area contributed by atoms with Gasteiger partial charge in [-0.25, -0.2) is 9.13 Å². The zero-order valence-corrected chi connectivity index (χ0v) is 62.3. The second-order valence-corrected chi connectivity index (χ2v) is 30.5. The summed E-state index contributed by atoms with van der Waals surface area (Å²) in [6.07, 6.45) is 52.6. The van der Waals surface area contributed by atoms with Crippen molar-refractivity contribution in [3.8, 4) is 0 Å². The number of phosphoric ester groups is 2. The molecule has 0 aromatic carbocycles. The minimum absolute atomic E-state index is 0.106. The summed E-state index contributed by atoms with van der Waals surface area (Å²) in [5, 5.41) is 10.6. The van der Waals surface area contributed by atoms with E-state index in [2.05, 4.69) is 41.5 Å². The van der Waals surface area contributed by atoms with Gasteiger partial charge in [-0.05, 0) is 37.5 Å². The maximum absolute atomic E-state index is 13.1. The van der Waals surface area contributed by atoms with Gasteiger partial charge in [-0.1, -0.05) is 330 Å². The van der Waals surface area contributed by atoms with E-state index in [9.17, 15) is 43.2 Å². The van der Waals surface area contributed by atoms with Gasteiger partial charge in [0.2, 0.25) is 0 Å². The average Bonchev–Trinajstić information content (AvgIpc) is 2.63. The van der Waals surface area contributed by atoms with E-state index < -0.39 is 97.5 Å². The Morgan fingerprint density at radius 1 is 0.290 bits per heavy atom. The lowest BCUT2D eigenvalue weighted by atomic mass is 10.0. The summed E-state index contributed by atoms with van der Waals surface area (Å²) in [6.45, 7) is 9.57. The summed E-state index contributed by atoms with van der Waals surface area (Å²) in [7, 11) is -9.91. The highest BCUT2D eigenvalue weighted by Gasteiger charge is 2.30. The molecule has 2 unspecified atom stereocenters. The summed E-state index contributed by atoms with van der Waals surface area (Å²) in [5.74, 6) is -0.606. The Labute approximate surface area is 568 Å². The fourth-order valence-corrected chi connectivity index (χ4v) is 12.9. The van der Waals surface area contributed by atoms with E-state index >= 15 is 0 Å². The maximum atomic E-state index is 13.1. The van der Waals surface area contributed by atoms with Gasteiger partial charge in [0, 0.05) is 25.7 Å². The molecule has 3 N–H and O–H groups in total. The lowest BCUT2D eigenvalue weighted by Crippen LogP contribution is -2.30. The molecule has 0 saturated heterocycles. The van der Waals surface area contributed by atoms with Crippen LogP contribution < -0.4 is 0 Å². The Hall–Kier alpha value is -1.94. The minimum Gasteiger partial charge on any atom is -0.462 e. The molecular formula is C74H144O17P2. The summed E-state index contributed by atoms with van der Waals surface area (Å²) < 4.78 is 68.5. The van der Waals surface area contributed by atoms with Crippen molar-refractivity contribution >= 4 is 39.5 Å². The number of hydrogen-bond donors (Lipinski definition) is 3. The largest absolute Gasteiger partial charge is 0.472 e. The van der Waals surface area contributed by atoms with Crippen molar-refractivity contribution < 1.29 is 80.2 Å². The third-order valence-electron chi connectivity index (χ3n) is 17.2. The van der Waals surface area contributed by atoms with E-state index in [-0.39, 0.29) is 25.7 Å². The van der Waals surface area contributed by atoms with Gasteiger partial charge in [-0.2, -0.15) is 0 Å². The molecule has 0 amide bonds. The minimum atomic E-state index is -4.95. The highest BCUT2D eigenvalue weighted by molar-refractivity contribution is 7.47. The molecule has 93 heavy (non-hydrogen) atoms. The Balaban J connectivity index is 5.26. The van der Waals surface area contributed by atoms with Gasteiger partial charge in [0.25, 0.3) is 0 Å². The predicted molar refractivity (Wildman–Crippen MR) is 377 cm³/mol. The number of ether oxygens (including phenoxy) is 4. The Bertz CT molecular complexity index is 1800. The third-order valence-corrected chi connectivity index (χ3v) is 19.1. The second kappa shape index (κ2) is 66.0. The molecule has 17 nitrogen and oxygen atoms in total. The smallest absolute Gasteiger partial charge is 0.462 e. The fourth-order valence-electron chi connectivity index (χ4n) is 11.3. The molecule has 0 aliphatic heterocycles. The van der Waals surface area contributed by atoms with Crippen LogP contribution in [0.15, 0.2) is 0 Å². The van der Waals surface area contributed by atoms with Crippen LogP contribution in [-0.2, 0) is 65.4 Å². The maximum Gasteiger partial charge on any atom is 0.472 e. The molecule has 0 aliphatic carbocycles. The molecule has 0 saturated carbocycles. The standard InChI is InChI=1S/C74H144O17P2/c1-7-9-11-13-15-17-19-20-21-22-23-25-34-40-46-52-58-73(78)90-69(63-85-72(77)57-51-45-39-33-28-26-30-36-42-48-54-66(3)4)64-88-92(80,81)86-60-68(75)61-87-93(82,83)89-65-70(62-84-71(76)56-50-44-38-32-24-18-16-14-12-10-8-2)91-74(79)59-53-47-41-35-29-27-31-37-43-49-55-67(5)6/h66-70,75H,7-65H2,1-6H3,(H,80,81)(H,82,83)/t68-,69-,70-/m1/s1. The number of esters is 4. The van der Waals surface area contributed by atoms with Crippen LogP contribution >= 0.6 is 15.6 Å². The number of carbonyl (C=O) groups excluding carboxylic acids is 4. The van der Waals surface area contributed by atoms with Crippen LogP contribution in [0.3, 0.4) is 0 Å². The van der Waals surface area contributed by atoms with Crippen molar-refractivity contribution in [3.05, 3.63) is 0 Å². The number of aliphatic hydroxyl groups is 1. The second-order valence-electron chi connectivity index (χ2n) is 27.6. The number of carbonyl (C=O) groups is 4. The molecule has 0 bridgehead atoms. The highest BCUT2D eigenvalue weighted by atomic mass is 31.2. The van der Waals surface area contributed by atoms with E-state index in [0.717, 1.165) is 102 Å². The zero-order chi connectivity index (χ0) is 68.6. The first-order valence-electron chi connectivity index (χ1n) is 38.5. The molecular weight excluding hydrogens is 1220 g/mol. The quantitative estimate of drug-likeness (QED) is 0.0222. The van der Waals surface area contributed by atoms with Crippen molar-refractivity contribution in [2.75, 3.05) is 39.6 Å². The third kappa shape index (κ3) is 68.4. The molecule has 5 atom stereocenters. The van der Waals surface area contributed by atoms with Crippen LogP contribution in [0, 0.1) is 11.8 Å². The summed E-state index contributed by atoms with van der Waals surface area (Å²) >= 11 is 0. The van der Waals surface area contributed by atoms with Gasteiger partial charge in [-0.3, -0.25) is 37.3 Å². The highest BCUT2D eigenvalue weighted by Crippen LogP contribution is 2.45. The molecule has 0 aromatic heterocycles. The van der Waals surface area contributed by atoms with E-state index in [1.54, 1.807) is 0 Å². The molecule has 0 spiro atoms. The van der Waals surface area contributed by atoms with Crippen LogP contribution in [0.2, 0.25) is 0 Å². The first-order valence-corrected chi connectivity index (χ1v) is 41.5. The van der Waals surface area contributed by atoms with E-state index in [4.69, 9.17) is 37.0 Å². The number of unbranched alkanes of at least 4 members (excludes halogenated alkanes) is 43. The van der Waals surface area contributed by atoms with Gasteiger partial charge >= 0.3 is 39.5 Å². The molecule has 0 rings (SSSR count). The van der Waals surface area contributed by atoms with Crippen molar-refractivity contribution in [2.45, 2.75) is 400 Å². The number of hydrogen-bond acceptors (Lipinski definition) is 15. The van der Waals surface area contributed by atoms with E-state index in [0.29, 0.717) is 25.7 Å². The molecule has 0 radical (unpaired) electrons. The van der Waals surface area contributed by atoms with Crippen molar-refractivity contribution in [1.29, 1.82) is 0 Å². The monoisotopic (exact) mass is 1370 g/mol. The van der Waals surface area contributed by atoms with Crippen molar-refractivity contribution in [3.63, 3.8) is 0 Å². The molecule has 0 fully saturated rings. The Morgan fingerprint density at radius 2 is 0.495 bits per heavy atom. The predicted octanol–water partition coefficient (Wildman–Crippen LogP) is 21.6. The normalized spacial score (nSPS) is 14.1. The van der Waals surface area contributed by atoms with Crippen LogP contribution in [-0.4, -0.2) is 96.7 Å². The van der Waals surface area contributed by atoms with Crippen LogP contribution in [0.1, 0.15) is 382 Å². The molecule has 0 aliphatic rings. The van der Waals surface area contributed by atoms with Crippen LogP contribution in [0.5, 0.6) is 0 Å². The topological polar surface area (TPSA) is 237 Å². The average molecular weight is 1370 g/mol. The molecule has 552 valence electrons. The van der Waals surface area contributed by atoms with Crippen LogP contribution in [0.25, 0.3) is 0 Å². The molecule has 0 heterocycles. The summed E-state index contributed by atoms with van der Waals surface area (Å²) in [6, 6.07) is 0. The SMILES string of the molecule is CCCCCCCCCCCCCCCCCCC(=O)O[C@H](COC(=O)CCCCCCCCCCCCC(C)C)COP(=O)(O)OC[C@@H](O)COP(=O)(O)OC[C@@H](COC(=O)CCCCCCCCCCCCC)OC(=O)CCCCCCCCCCCCC(C)C. The Kier molecular flexibility index (Phi) is 64.6. The van der Waals surface area contributed by atoms with Crippen molar-refractivity contribution in [1.82, 2.24) is 0 Å². The van der Waals surface area contributed by atoms with Gasteiger partial charge in [-0.15, -0.1) is 0 Å². The van der Waals surface area contributed by atoms with Crippen molar-refractivity contribution in [2.24, 2.45) is 11.8 Å². The lowest BCUT2D eigenvalue weighted by molar-refractivity contribution is -0.161. The summed E-state index contributed by atoms with van der Waals surface area (Å²) in [5.41, 5.74) is 0. The lowest BCUT2D eigenvalue weighted by Gasteiger charge is -2.21. The molecule has 0 aromatic rings. The first-order chi connectivity index (χ1) is 44.9. The number of rotatable bonds is 73. The fraction of sp³-hybridized carbons (Fsp3) is 0.946.